The zero-order valence-corrected chi connectivity index (χ0v) is 14.2. The summed E-state index contributed by atoms with van der Waals surface area (Å²) in [5, 5.41) is 10.9. The van der Waals surface area contributed by atoms with E-state index in [1.807, 2.05) is 54.6 Å². The average molecular weight is 310 g/mol. The van der Waals surface area contributed by atoms with Gasteiger partial charge < -0.3 is 9.84 Å². The minimum Gasteiger partial charge on any atom is -0.497 e. The first-order chi connectivity index (χ1) is 11.2. The van der Waals surface area contributed by atoms with Gasteiger partial charge in [0.05, 0.1) is 13.2 Å². The minimum absolute atomic E-state index is 0.0572. The minimum atomic E-state index is -0.558. The van der Waals surface area contributed by atoms with Crippen molar-refractivity contribution in [3.8, 4) is 5.75 Å². The first kappa shape index (κ1) is 17.3. The van der Waals surface area contributed by atoms with Crippen molar-refractivity contribution < 1.29 is 9.84 Å². The molecule has 0 aromatic heterocycles. The van der Waals surface area contributed by atoms with Crippen LogP contribution >= 0.6 is 0 Å². The summed E-state index contributed by atoms with van der Waals surface area (Å²) in [6, 6.07) is 17.8. The fourth-order valence-electron chi connectivity index (χ4n) is 2.79. The van der Waals surface area contributed by atoms with Crippen molar-refractivity contribution in [3.05, 3.63) is 77.4 Å². The fraction of sp³-hybridized carbons (Fsp3) is 0.333. The van der Waals surface area contributed by atoms with E-state index in [2.05, 4.69) is 19.9 Å². The van der Waals surface area contributed by atoms with Crippen molar-refractivity contribution in [2.24, 2.45) is 0 Å². The molecule has 0 spiro atoms. The molecule has 122 valence electrons. The Kier molecular flexibility index (Phi) is 6.42. The number of allylic oxidation sites excluding steroid dienone is 1. The second-order valence-corrected chi connectivity index (χ2v) is 5.69. The molecule has 0 radical (unpaired) electrons. The quantitative estimate of drug-likeness (QED) is 0.707. The number of hydrogen-bond acceptors (Lipinski definition) is 2. The Bertz CT molecular complexity index is 608. The topological polar surface area (TPSA) is 29.5 Å². The molecule has 0 bridgehead atoms. The Balaban J connectivity index is 2.40. The van der Waals surface area contributed by atoms with E-state index in [9.17, 15) is 5.11 Å². The summed E-state index contributed by atoms with van der Waals surface area (Å²) in [5.74, 6) is 0.773. The van der Waals surface area contributed by atoms with E-state index in [4.69, 9.17) is 4.74 Å². The molecule has 0 amide bonds. The number of ether oxygens (including phenoxy) is 1. The molecule has 2 atom stereocenters. The van der Waals surface area contributed by atoms with Crippen LogP contribution in [0.2, 0.25) is 0 Å². The van der Waals surface area contributed by atoms with E-state index in [0.29, 0.717) is 0 Å². The van der Waals surface area contributed by atoms with Crippen LogP contribution in [0.4, 0.5) is 0 Å². The van der Waals surface area contributed by atoms with Gasteiger partial charge in [0.25, 0.3) is 0 Å². The highest BCUT2D eigenvalue weighted by molar-refractivity contribution is 5.35. The number of benzene rings is 2. The maximum absolute atomic E-state index is 10.9. The molecule has 0 aliphatic rings. The monoisotopic (exact) mass is 310 g/mol. The summed E-state index contributed by atoms with van der Waals surface area (Å²) < 4.78 is 5.24. The van der Waals surface area contributed by atoms with Crippen LogP contribution in [-0.4, -0.2) is 12.2 Å². The van der Waals surface area contributed by atoms with Gasteiger partial charge in [-0.15, -0.1) is 0 Å². The summed E-state index contributed by atoms with van der Waals surface area (Å²) >= 11 is 0. The summed E-state index contributed by atoms with van der Waals surface area (Å²) in [4.78, 5) is 0. The van der Waals surface area contributed by atoms with Crippen LogP contribution in [-0.2, 0) is 0 Å². The summed E-state index contributed by atoms with van der Waals surface area (Å²) in [6.07, 6.45) is 3.67. The lowest BCUT2D eigenvalue weighted by Crippen LogP contribution is -2.10. The third kappa shape index (κ3) is 4.46. The zero-order valence-electron chi connectivity index (χ0n) is 14.2. The van der Waals surface area contributed by atoms with Gasteiger partial charge >= 0.3 is 0 Å². The molecule has 0 heterocycles. The Morgan fingerprint density at radius 2 is 1.57 bits per heavy atom. The molecule has 2 aromatic carbocycles. The molecule has 0 aliphatic heterocycles. The van der Waals surface area contributed by atoms with Gasteiger partial charge in [0, 0.05) is 5.92 Å². The highest BCUT2D eigenvalue weighted by Crippen LogP contribution is 2.34. The predicted octanol–water partition coefficient (Wildman–Crippen LogP) is 5.26. The van der Waals surface area contributed by atoms with E-state index >= 15 is 0 Å². The zero-order chi connectivity index (χ0) is 16.7. The SMILES string of the molecule is CCC(=C[C@@H](c1ccc(OC)cc1)[C@@H](O)c1ccccc1)CC. The number of aliphatic hydroxyl groups excluding tert-OH is 1. The van der Waals surface area contributed by atoms with Crippen molar-refractivity contribution in [1.29, 1.82) is 0 Å². The van der Waals surface area contributed by atoms with Crippen LogP contribution < -0.4 is 4.74 Å². The second-order valence-electron chi connectivity index (χ2n) is 5.69. The average Bonchev–Trinajstić information content (AvgIpc) is 2.63. The maximum Gasteiger partial charge on any atom is 0.118 e. The van der Waals surface area contributed by atoms with E-state index in [0.717, 1.165) is 29.7 Å². The molecule has 0 unspecified atom stereocenters. The van der Waals surface area contributed by atoms with Gasteiger partial charge in [0.15, 0.2) is 0 Å². The summed E-state index contributed by atoms with van der Waals surface area (Å²) in [5.41, 5.74) is 3.40. The number of rotatable bonds is 7. The lowest BCUT2D eigenvalue weighted by Gasteiger charge is -2.22. The van der Waals surface area contributed by atoms with Gasteiger partial charge in [-0.3, -0.25) is 0 Å². The Hall–Kier alpha value is -2.06. The molecule has 2 nitrogen and oxygen atoms in total. The van der Waals surface area contributed by atoms with Crippen LogP contribution in [0, 0.1) is 0 Å². The number of methoxy groups -OCH3 is 1. The molecule has 2 rings (SSSR count). The van der Waals surface area contributed by atoms with Gasteiger partial charge in [-0.05, 0) is 36.1 Å². The van der Waals surface area contributed by atoms with Crippen LogP contribution in [0.5, 0.6) is 5.75 Å². The van der Waals surface area contributed by atoms with Gasteiger partial charge in [-0.1, -0.05) is 68.0 Å². The van der Waals surface area contributed by atoms with E-state index < -0.39 is 6.10 Å². The van der Waals surface area contributed by atoms with Crippen LogP contribution in [0.15, 0.2) is 66.2 Å². The molecule has 23 heavy (non-hydrogen) atoms. The van der Waals surface area contributed by atoms with Gasteiger partial charge in [0.2, 0.25) is 0 Å². The lowest BCUT2D eigenvalue weighted by atomic mass is 9.86. The fourth-order valence-corrected chi connectivity index (χ4v) is 2.79. The van der Waals surface area contributed by atoms with Crippen molar-refractivity contribution in [2.75, 3.05) is 7.11 Å². The Labute approximate surface area is 139 Å². The van der Waals surface area contributed by atoms with E-state index in [1.54, 1.807) is 7.11 Å². The van der Waals surface area contributed by atoms with Crippen molar-refractivity contribution in [1.82, 2.24) is 0 Å². The van der Waals surface area contributed by atoms with E-state index in [-0.39, 0.29) is 5.92 Å². The molecule has 1 N–H and O–H groups in total. The number of hydrogen-bond donors (Lipinski definition) is 1. The van der Waals surface area contributed by atoms with Crippen LogP contribution in [0.1, 0.15) is 49.8 Å². The van der Waals surface area contributed by atoms with E-state index in [1.165, 1.54) is 5.57 Å². The molecule has 2 heteroatoms. The maximum atomic E-state index is 10.9. The normalized spacial score (nSPS) is 13.2. The first-order valence-corrected chi connectivity index (χ1v) is 8.26. The highest BCUT2D eigenvalue weighted by Gasteiger charge is 2.21. The summed E-state index contributed by atoms with van der Waals surface area (Å²) in [6.45, 7) is 4.32. The van der Waals surface area contributed by atoms with Crippen molar-refractivity contribution in [3.63, 3.8) is 0 Å². The largest absolute Gasteiger partial charge is 0.497 e. The molecule has 0 saturated carbocycles. The second kappa shape index (κ2) is 8.54. The standard InChI is InChI=1S/C21H26O2/c1-4-16(5-2)15-20(17-11-13-19(23-3)14-12-17)21(22)18-9-7-6-8-10-18/h6-15,20-22H,4-5H2,1-3H3/t20-,21-/m0/s1. The molecular weight excluding hydrogens is 284 g/mol. The lowest BCUT2D eigenvalue weighted by molar-refractivity contribution is 0.161. The molecular formula is C21H26O2. The molecule has 0 aliphatic carbocycles. The highest BCUT2D eigenvalue weighted by atomic mass is 16.5. The third-order valence-electron chi connectivity index (χ3n) is 4.31. The number of aliphatic hydroxyl groups is 1. The Morgan fingerprint density at radius 3 is 2.09 bits per heavy atom. The first-order valence-electron chi connectivity index (χ1n) is 8.26. The predicted molar refractivity (Wildman–Crippen MR) is 95.8 cm³/mol. The molecule has 2 aromatic rings. The molecule has 0 fully saturated rings. The van der Waals surface area contributed by atoms with Crippen LogP contribution in [0.3, 0.4) is 0 Å². The van der Waals surface area contributed by atoms with Crippen molar-refractivity contribution in [2.45, 2.75) is 38.7 Å². The van der Waals surface area contributed by atoms with Gasteiger partial charge in [0.1, 0.15) is 5.75 Å². The Morgan fingerprint density at radius 1 is 0.957 bits per heavy atom. The smallest absolute Gasteiger partial charge is 0.118 e. The summed E-state index contributed by atoms with van der Waals surface area (Å²) in [7, 11) is 1.66. The van der Waals surface area contributed by atoms with Gasteiger partial charge in [-0.2, -0.15) is 0 Å². The third-order valence-corrected chi connectivity index (χ3v) is 4.31. The van der Waals surface area contributed by atoms with Crippen LogP contribution in [0.25, 0.3) is 0 Å². The molecule has 0 saturated heterocycles. The van der Waals surface area contributed by atoms with Crippen molar-refractivity contribution >= 4 is 0 Å². The van der Waals surface area contributed by atoms with Gasteiger partial charge in [-0.25, -0.2) is 0 Å².